The number of hydrogen-bond acceptors (Lipinski definition) is 6. The van der Waals surface area contributed by atoms with Crippen molar-refractivity contribution in [2.24, 2.45) is 4.99 Å². The van der Waals surface area contributed by atoms with E-state index in [-0.39, 0.29) is 0 Å². The Kier molecular flexibility index (Phi) is 5.82. The molecule has 5 rings (SSSR count). The lowest BCUT2D eigenvalue weighted by Gasteiger charge is -2.15. The molecule has 0 saturated carbocycles. The van der Waals surface area contributed by atoms with Gasteiger partial charge in [-0.05, 0) is 23.8 Å². The number of rotatable bonds is 6. The maximum absolute atomic E-state index is 12.9. The lowest BCUT2D eigenvalue weighted by Crippen LogP contribution is -2.40. The van der Waals surface area contributed by atoms with Gasteiger partial charge in [0.25, 0.3) is 5.91 Å². The molecule has 34 heavy (non-hydrogen) atoms. The largest absolute Gasteiger partial charge is 0.491 e. The van der Waals surface area contributed by atoms with Crippen LogP contribution in [0.5, 0.6) is 11.5 Å². The monoisotopic (exact) mass is 458 g/mol. The van der Waals surface area contributed by atoms with Crippen LogP contribution in [0, 0.1) is 0 Å². The van der Waals surface area contributed by atoms with Crippen molar-refractivity contribution in [3.05, 3.63) is 83.7 Å². The zero-order valence-electron chi connectivity index (χ0n) is 18.9. The smallest absolute Gasteiger partial charge is 0.286 e. The highest BCUT2D eigenvalue weighted by Crippen LogP contribution is 2.37. The van der Waals surface area contributed by atoms with Gasteiger partial charge in [-0.3, -0.25) is 14.2 Å². The number of pyridine rings is 1. The molecule has 0 bridgehead atoms. The van der Waals surface area contributed by atoms with Gasteiger partial charge in [0.1, 0.15) is 30.6 Å². The van der Waals surface area contributed by atoms with Crippen LogP contribution in [0.25, 0.3) is 10.9 Å². The molecule has 1 aliphatic rings. The number of hydrogen-bond donors (Lipinski definition) is 1. The van der Waals surface area contributed by atoms with E-state index in [4.69, 9.17) is 19.3 Å². The molecule has 4 aromatic rings. The van der Waals surface area contributed by atoms with E-state index in [1.54, 1.807) is 31.6 Å². The summed E-state index contributed by atoms with van der Waals surface area (Å²) >= 11 is 0. The Morgan fingerprint density at radius 3 is 2.79 bits per heavy atom. The summed E-state index contributed by atoms with van der Waals surface area (Å²) in [6, 6.07) is 17.1. The molecule has 9 nitrogen and oxygen atoms in total. The highest BCUT2D eigenvalue weighted by molar-refractivity contribution is 5.96. The van der Waals surface area contributed by atoms with Crippen LogP contribution in [-0.4, -0.2) is 36.2 Å². The van der Waals surface area contributed by atoms with Gasteiger partial charge in [0.2, 0.25) is 18.0 Å². The minimum atomic E-state index is -0.421. The second kappa shape index (κ2) is 9.22. The number of methoxy groups -OCH3 is 1. The van der Waals surface area contributed by atoms with Crippen molar-refractivity contribution < 1.29 is 23.8 Å². The second-order valence-electron chi connectivity index (χ2n) is 7.66. The van der Waals surface area contributed by atoms with E-state index >= 15 is 0 Å². The third-order valence-electron chi connectivity index (χ3n) is 5.58. The molecule has 0 aliphatic carbocycles. The van der Waals surface area contributed by atoms with E-state index in [9.17, 15) is 4.79 Å². The van der Waals surface area contributed by atoms with E-state index in [2.05, 4.69) is 10.3 Å². The van der Waals surface area contributed by atoms with E-state index in [0.717, 1.165) is 16.8 Å². The van der Waals surface area contributed by atoms with Crippen LogP contribution >= 0.6 is 0 Å². The molecule has 2 aromatic heterocycles. The Balaban J connectivity index is 1.60. The minimum absolute atomic E-state index is 0.295. The van der Waals surface area contributed by atoms with Crippen LogP contribution < -0.4 is 30.0 Å². The molecule has 0 unspecified atom stereocenters. The van der Waals surface area contributed by atoms with Gasteiger partial charge in [-0.1, -0.05) is 30.3 Å². The molecule has 2 aromatic carbocycles. The molecule has 0 spiro atoms. The summed E-state index contributed by atoms with van der Waals surface area (Å²) in [4.78, 5) is 27.1. The molecular weight excluding hydrogens is 434 g/mol. The maximum atomic E-state index is 12.9. The molecule has 1 aliphatic heterocycles. The van der Waals surface area contributed by atoms with Crippen molar-refractivity contribution in [1.82, 2.24) is 9.55 Å². The molecule has 0 saturated heterocycles. The molecule has 1 amide bonds. The van der Waals surface area contributed by atoms with Crippen LogP contribution in [0.15, 0.2) is 72.0 Å². The maximum Gasteiger partial charge on any atom is 0.286 e. The fourth-order valence-electron chi connectivity index (χ4n) is 3.93. The topological polar surface area (TPSA) is 90.9 Å². The summed E-state index contributed by atoms with van der Waals surface area (Å²) in [5.41, 5.74) is 2.30. The van der Waals surface area contributed by atoms with Crippen molar-refractivity contribution in [2.45, 2.75) is 13.2 Å². The summed E-state index contributed by atoms with van der Waals surface area (Å²) in [5.74, 6) is 1.47. The van der Waals surface area contributed by atoms with Gasteiger partial charge in [0.05, 0.1) is 7.11 Å². The zero-order chi connectivity index (χ0) is 23.5. The first kappa shape index (κ1) is 21.4. The number of nitrogens with zero attached hydrogens (tertiary/aromatic N) is 4. The fraction of sp³-hybridized carbons (Fsp3) is 0.200. The highest BCUT2D eigenvalue weighted by atomic mass is 16.6. The predicted molar refractivity (Wildman–Crippen MR) is 125 cm³/mol. The molecule has 1 N–H and O–H groups in total. The number of nitrogens with one attached hydrogen (secondary N) is 1. The van der Waals surface area contributed by atoms with Crippen molar-refractivity contribution in [2.75, 3.05) is 26.1 Å². The van der Waals surface area contributed by atoms with Gasteiger partial charge in [0.15, 0.2) is 11.5 Å². The Morgan fingerprint density at radius 1 is 1.15 bits per heavy atom. The Hall–Kier alpha value is -4.40. The Bertz CT molecular complexity index is 1430. The summed E-state index contributed by atoms with van der Waals surface area (Å²) in [6.45, 7) is 1.75. The van der Waals surface area contributed by atoms with Crippen LogP contribution in [-0.2, 0) is 13.2 Å². The number of fused-ring (bicyclic) bond motifs is 3. The fourth-order valence-corrected chi connectivity index (χ4v) is 3.93. The summed E-state index contributed by atoms with van der Waals surface area (Å²) in [5, 5.41) is 4.24. The quantitative estimate of drug-likeness (QED) is 0.445. The molecule has 0 fully saturated rings. The van der Waals surface area contributed by atoms with Gasteiger partial charge in [0, 0.05) is 29.3 Å². The van der Waals surface area contributed by atoms with Crippen LogP contribution in [0.1, 0.15) is 15.9 Å². The van der Waals surface area contributed by atoms with Crippen LogP contribution in [0.3, 0.4) is 0 Å². The van der Waals surface area contributed by atoms with E-state index < -0.39 is 5.91 Å². The summed E-state index contributed by atoms with van der Waals surface area (Å²) in [6.07, 6.45) is 3.27. The molecule has 0 atom stereocenters. The first-order valence-electron chi connectivity index (χ1n) is 10.8. The number of benzene rings is 2. The average Bonchev–Trinajstić information content (AvgIpc) is 3.38. The standard InChI is InChI=1S/C25H23N5O4/c1-32-22-20(34-16-17-7-4-3-5-8-17)11-10-19-21(22)27-25(30-14-12-26-23(19)30)28-24(31)18-9-6-13-29(15-18)33-2/h3-11,13,15H,12,14,16H2,1-2H3/p+1. The second-order valence-corrected chi connectivity index (χ2v) is 7.66. The van der Waals surface area contributed by atoms with Gasteiger partial charge in [-0.25, -0.2) is 4.98 Å². The molecule has 172 valence electrons. The average molecular weight is 458 g/mol. The number of ether oxygens (including phenoxy) is 2. The van der Waals surface area contributed by atoms with Gasteiger partial charge < -0.3 is 14.8 Å². The van der Waals surface area contributed by atoms with Crippen molar-refractivity contribution >= 4 is 22.6 Å². The number of anilines is 1. The number of aromatic nitrogens is 3. The van der Waals surface area contributed by atoms with Crippen molar-refractivity contribution in [1.29, 1.82) is 0 Å². The summed E-state index contributed by atoms with van der Waals surface area (Å²) < 4.78 is 15.1. The Labute approximate surface area is 195 Å². The molecule has 3 heterocycles. The third kappa shape index (κ3) is 4.03. The van der Waals surface area contributed by atoms with E-state index in [0.29, 0.717) is 47.9 Å². The van der Waals surface area contributed by atoms with Crippen LogP contribution in [0.2, 0.25) is 0 Å². The van der Waals surface area contributed by atoms with E-state index in [1.807, 2.05) is 47.0 Å². The lowest BCUT2D eigenvalue weighted by molar-refractivity contribution is -0.885. The third-order valence-corrected chi connectivity index (χ3v) is 5.58. The molecule has 9 heteroatoms. The van der Waals surface area contributed by atoms with Gasteiger partial charge >= 0.3 is 0 Å². The zero-order valence-corrected chi connectivity index (χ0v) is 18.9. The first-order chi connectivity index (χ1) is 16.7. The SMILES string of the molecule is COc1c(OCc2ccccc2)ccc2c3n(c(=NC(=O)c4ccc[n+](OC)c4)nc12)CCN3. The number of carbonyl (C=O) groups is 1. The van der Waals surface area contributed by atoms with Gasteiger partial charge in [-0.2, -0.15) is 4.99 Å². The van der Waals surface area contributed by atoms with Gasteiger partial charge in [-0.15, -0.1) is 0 Å². The summed E-state index contributed by atoms with van der Waals surface area (Å²) in [7, 11) is 3.10. The minimum Gasteiger partial charge on any atom is -0.491 e. The Morgan fingerprint density at radius 2 is 2.00 bits per heavy atom. The first-order valence-corrected chi connectivity index (χ1v) is 10.8. The van der Waals surface area contributed by atoms with E-state index in [1.165, 1.54) is 11.8 Å². The number of carbonyl (C=O) groups excluding carboxylic acids is 1. The van der Waals surface area contributed by atoms with Crippen molar-refractivity contribution in [3.8, 4) is 11.5 Å². The highest BCUT2D eigenvalue weighted by Gasteiger charge is 2.21. The van der Waals surface area contributed by atoms with Crippen LogP contribution in [0.4, 0.5) is 5.82 Å². The van der Waals surface area contributed by atoms with Crippen molar-refractivity contribution in [3.63, 3.8) is 0 Å². The number of amides is 1. The predicted octanol–water partition coefficient (Wildman–Crippen LogP) is 2.14. The normalized spacial score (nSPS) is 12.8. The molecule has 0 radical (unpaired) electrons. The lowest BCUT2D eigenvalue weighted by atomic mass is 10.2. The molecular formula is C25H24N5O4+.